The number of halogens is 1. The van der Waals surface area contributed by atoms with Crippen LogP contribution in [0.2, 0.25) is 0 Å². The summed E-state index contributed by atoms with van der Waals surface area (Å²) in [4.78, 5) is 19.1. The largest absolute Gasteiger partial charge is 0.321 e. The summed E-state index contributed by atoms with van der Waals surface area (Å²) in [7, 11) is 0. The molecule has 1 aliphatic heterocycles. The Morgan fingerprint density at radius 1 is 1.18 bits per heavy atom. The molecule has 0 N–H and O–H groups in total. The lowest BCUT2D eigenvalue weighted by Crippen LogP contribution is -2.44. The van der Waals surface area contributed by atoms with Crippen molar-refractivity contribution in [2.24, 2.45) is 0 Å². The molecule has 1 aromatic heterocycles. The first-order valence-corrected chi connectivity index (χ1v) is 7.35. The predicted molar refractivity (Wildman–Crippen MR) is 83.1 cm³/mol. The highest BCUT2D eigenvalue weighted by molar-refractivity contribution is 6.00. The Bertz CT molecular complexity index is 732. The summed E-state index contributed by atoms with van der Waals surface area (Å²) in [6, 6.07) is 8.06. The van der Waals surface area contributed by atoms with Crippen molar-refractivity contribution in [2.45, 2.75) is 39.3 Å². The van der Waals surface area contributed by atoms with Crippen molar-refractivity contribution in [3.63, 3.8) is 0 Å². The molecule has 2 aromatic rings. The van der Waals surface area contributed by atoms with Crippen LogP contribution in [-0.4, -0.2) is 21.3 Å². The summed E-state index contributed by atoms with van der Waals surface area (Å²) in [5, 5.41) is 0. The van der Waals surface area contributed by atoms with Gasteiger partial charge in [0.1, 0.15) is 11.9 Å². The van der Waals surface area contributed by atoms with Gasteiger partial charge in [-0.15, -0.1) is 0 Å². The smallest absolute Gasteiger partial charge is 0.255 e. The van der Waals surface area contributed by atoms with Crippen LogP contribution in [0.15, 0.2) is 36.5 Å². The predicted octanol–water partition coefficient (Wildman–Crippen LogP) is 3.87. The summed E-state index contributed by atoms with van der Waals surface area (Å²) in [6.45, 7) is 7.92. The molecule has 0 radical (unpaired) electrons. The van der Waals surface area contributed by atoms with Crippen LogP contribution < -0.4 is 0 Å². The summed E-state index contributed by atoms with van der Waals surface area (Å²) < 4.78 is 13.6. The zero-order valence-electron chi connectivity index (χ0n) is 13.2. The number of fused-ring (bicyclic) bond motifs is 1. The van der Waals surface area contributed by atoms with E-state index in [4.69, 9.17) is 0 Å². The van der Waals surface area contributed by atoms with E-state index < -0.39 is 5.82 Å². The van der Waals surface area contributed by atoms with Gasteiger partial charge in [0, 0.05) is 17.3 Å². The first-order chi connectivity index (χ1) is 10.3. The van der Waals surface area contributed by atoms with Crippen LogP contribution in [0.25, 0.3) is 0 Å². The van der Waals surface area contributed by atoms with Crippen molar-refractivity contribution in [1.82, 2.24) is 9.88 Å². The second-order valence-electron chi connectivity index (χ2n) is 6.74. The van der Waals surface area contributed by atoms with Crippen LogP contribution in [0, 0.1) is 12.7 Å². The molecule has 114 valence electrons. The number of nitrogens with zero attached hydrogens (tertiary/aromatic N) is 2. The second kappa shape index (κ2) is 4.90. The SMILES string of the molecule is Cc1ccc(C2c3ccc(F)cc3C(=O)N2C(C)(C)C)nc1. The summed E-state index contributed by atoms with van der Waals surface area (Å²) in [6.07, 6.45) is 1.79. The van der Waals surface area contributed by atoms with Crippen LogP contribution in [0.4, 0.5) is 4.39 Å². The molecular formula is C18H19FN2O. The summed E-state index contributed by atoms with van der Waals surface area (Å²) in [5.74, 6) is -0.534. The average Bonchev–Trinajstić information content (AvgIpc) is 2.72. The van der Waals surface area contributed by atoms with Gasteiger partial charge >= 0.3 is 0 Å². The van der Waals surface area contributed by atoms with Crippen molar-refractivity contribution in [3.8, 4) is 0 Å². The molecule has 1 aromatic carbocycles. The second-order valence-corrected chi connectivity index (χ2v) is 6.74. The van der Waals surface area contributed by atoms with E-state index in [2.05, 4.69) is 4.98 Å². The topological polar surface area (TPSA) is 33.2 Å². The molecule has 0 saturated carbocycles. The van der Waals surface area contributed by atoms with E-state index >= 15 is 0 Å². The molecular weight excluding hydrogens is 279 g/mol. The third kappa shape index (κ3) is 2.28. The monoisotopic (exact) mass is 298 g/mol. The van der Waals surface area contributed by atoms with Crippen LogP contribution >= 0.6 is 0 Å². The molecule has 0 fully saturated rings. The molecule has 0 aliphatic carbocycles. The molecule has 1 amide bonds. The van der Waals surface area contributed by atoms with Gasteiger partial charge in [0.25, 0.3) is 5.91 Å². The van der Waals surface area contributed by atoms with E-state index in [0.29, 0.717) is 5.56 Å². The van der Waals surface area contributed by atoms with Crippen molar-refractivity contribution in [1.29, 1.82) is 0 Å². The fraction of sp³-hybridized carbons (Fsp3) is 0.333. The highest BCUT2D eigenvalue weighted by Gasteiger charge is 2.43. The molecule has 3 nitrogen and oxygen atoms in total. The maximum Gasteiger partial charge on any atom is 0.255 e. The molecule has 0 saturated heterocycles. The standard InChI is InChI=1S/C18H19FN2O/c1-11-5-8-15(20-10-11)16-13-7-6-12(19)9-14(13)17(22)21(16)18(2,3)4/h5-10,16H,1-4H3. The highest BCUT2D eigenvalue weighted by Crippen LogP contribution is 2.42. The number of carbonyl (C=O) groups excluding carboxylic acids is 1. The van der Waals surface area contributed by atoms with E-state index in [1.807, 2.05) is 39.8 Å². The molecule has 0 bridgehead atoms. The molecule has 0 spiro atoms. The van der Waals surface area contributed by atoms with Crippen LogP contribution in [-0.2, 0) is 0 Å². The molecule has 3 rings (SSSR count). The van der Waals surface area contributed by atoms with E-state index in [0.717, 1.165) is 16.8 Å². The minimum absolute atomic E-state index is 0.144. The molecule has 4 heteroatoms. The van der Waals surface area contributed by atoms with Gasteiger partial charge < -0.3 is 4.90 Å². The minimum Gasteiger partial charge on any atom is -0.321 e. The third-order valence-electron chi connectivity index (χ3n) is 3.95. The lowest BCUT2D eigenvalue weighted by Gasteiger charge is -2.37. The van der Waals surface area contributed by atoms with E-state index in [9.17, 15) is 9.18 Å². The Morgan fingerprint density at radius 3 is 2.50 bits per heavy atom. The molecule has 1 unspecified atom stereocenters. The number of aryl methyl sites for hydroxylation is 1. The Hall–Kier alpha value is -2.23. The Balaban J connectivity index is 2.20. The number of amides is 1. The highest BCUT2D eigenvalue weighted by atomic mass is 19.1. The van der Waals surface area contributed by atoms with Gasteiger partial charge in [-0.25, -0.2) is 4.39 Å². The molecule has 1 aliphatic rings. The number of pyridine rings is 1. The van der Waals surface area contributed by atoms with Gasteiger partial charge in [-0.2, -0.15) is 0 Å². The zero-order chi connectivity index (χ0) is 16.1. The number of rotatable bonds is 1. The number of hydrogen-bond acceptors (Lipinski definition) is 2. The lowest BCUT2D eigenvalue weighted by atomic mass is 9.98. The van der Waals surface area contributed by atoms with Gasteiger partial charge in [-0.05, 0) is 57.0 Å². The first kappa shape index (κ1) is 14.7. The van der Waals surface area contributed by atoms with E-state index in [1.54, 1.807) is 17.2 Å². The summed E-state index contributed by atoms with van der Waals surface area (Å²) in [5.41, 5.74) is 2.73. The van der Waals surface area contributed by atoms with Crippen LogP contribution in [0.5, 0.6) is 0 Å². The molecule has 2 heterocycles. The quantitative estimate of drug-likeness (QED) is 0.800. The van der Waals surface area contributed by atoms with E-state index in [1.165, 1.54) is 12.1 Å². The summed E-state index contributed by atoms with van der Waals surface area (Å²) >= 11 is 0. The van der Waals surface area contributed by atoms with Gasteiger partial charge in [0.05, 0.1) is 5.69 Å². The maximum atomic E-state index is 13.6. The lowest BCUT2D eigenvalue weighted by molar-refractivity contribution is 0.0547. The fourth-order valence-corrected chi connectivity index (χ4v) is 2.96. The Labute approximate surface area is 129 Å². The maximum absolute atomic E-state index is 13.6. The normalized spacial score (nSPS) is 17.8. The average molecular weight is 298 g/mol. The van der Waals surface area contributed by atoms with Gasteiger partial charge in [-0.1, -0.05) is 12.1 Å². The van der Waals surface area contributed by atoms with Crippen molar-refractivity contribution < 1.29 is 9.18 Å². The number of aromatic nitrogens is 1. The van der Waals surface area contributed by atoms with E-state index in [-0.39, 0.29) is 17.5 Å². The van der Waals surface area contributed by atoms with Gasteiger partial charge in [-0.3, -0.25) is 9.78 Å². The minimum atomic E-state index is -0.390. The van der Waals surface area contributed by atoms with Crippen molar-refractivity contribution in [3.05, 3.63) is 64.7 Å². The van der Waals surface area contributed by atoms with Crippen molar-refractivity contribution >= 4 is 5.91 Å². The molecule has 22 heavy (non-hydrogen) atoms. The molecule has 1 atom stereocenters. The Kier molecular flexibility index (Phi) is 3.28. The van der Waals surface area contributed by atoms with Crippen LogP contribution in [0.3, 0.4) is 0 Å². The first-order valence-electron chi connectivity index (χ1n) is 7.35. The van der Waals surface area contributed by atoms with Gasteiger partial charge in [0.2, 0.25) is 0 Å². The number of carbonyl (C=O) groups is 1. The number of benzene rings is 1. The van der Waals surface area contributed by atoms with Gasteiger partial charge in [0.15, 0.2) is 0 Å². The van der Waals surface area contributed by atoms with Crippen molar-refractivity contribution in [2.75, 3.05) is 0 Å². The Morgan fingerprint density at radius 2 is 1.91 bits per heavy atom. The third-order valence-corrected chi connectivity index (χ3v) is 3.95. The zero-order valence-corrected chi connectivity index (χ0v) is 13.2. The van der Waals surface area contributed by atoms with Crippen LogP contribution in [0.1, 0.15) is 54.0 Å². The number of hydrogen-bond donors (Lipinski definition) is 0. The fourth-order valence-electron chi connectivity index (χ4n) is 2.96.